The lowest BCUT2D eigenvalue weighted by Gasteiger charge is -2.36. The number of hydrogen-bond acceptors (Lipinski definition) is 6. The molecule has 28 heavy (non-hydrogen) atoms. The second-order valence-corrected chi connectivity index (χ2v) is 6.40. The van der Waals surface area contributed by atoms with Crippen LogP contribution in [0.15, 0.2) is 42.2 Å². The van der Waals surface area contributed by atoms with Crippen molar-refractivity contribution >= 4 is 17.9 Å². The number of ether oxygens (including phenoxy) is 1. The Labute approximate surface area is 158 Å². The molecule has 0 bridgehead atoms. The van der Waals surface area contributed by atoms with Gasteiger partial charge in [0.25, 0.3) is 5.91 Å². The van der Waals surface area contributed by atoms with Gasteiger partial charge >= 0.3 is 6.18 Å². The van der Waals surface area contributed by atoms with Crippen LogP contribution in [0.1, 0.15) is 5.56 Å². The van der Waals surface area contributed by atoms with Crippen molar-refractivity contribution in [2.45, 2.75) is 12.3 Å². The molecule has 0 N–H and O–H groups in total. The molecule has 2 aliphatic heterocycles. The van der Waals surface area contributed by atoms with Crippen LogP contribution >= 0.6 is 0 Å². The average molecular weight is 391 g/mol. The summed E-state index contributed by atoms with van der Waals surface area (Å²) in [6.45, 7) is 1.30. The van der Waals surface area contributed by atoms with Crippen LogP contribution in [0.5, 0.6) is 5.75 Å². The molecule has 1 aromatic heterocycles. The van der Waals surface area contributed by atoms with Gasteiger partial charge in [0.1, 0.15) is 5.75 Å². The first kappa shape index (κ1) is 18.2. The number of anilines is 1. The lowest BCUT2D eigenvalue weighted by Crippen LogP contribution is -2.52. The highest BCUT2D eigenvalue weighted by atomic mass is 19.4. The Kier molecular flexibility index (Phi) is 4.62. The molecule has 146 valence electrons. The Morgan fingerprint density at radius 3 is 2.54 bits per heavy atom. The average Bonchev–Trinajstić information content (AvgIpc) is 2.72. The predicted molar refractivity (Wildman–Crippen MR) is 93.5 cm³/mol. The SMILES string of the molecule is O=C(C1=Cc2ccccc2OC1C(F)(F)F)N1CCN(c2nccnn2)CC1. The van der Waals surface area contributed by atoms with Crippen molar-refractivity contribution < 1.29 is 22.7 Å². The molecule has 1 atom stereocenters. The largest absolute Gasteiger partial charge is 0.475 e. The Hall–Kier alpha value is -3.17. The molecule has 4 rings (SSSR count). The van der Waals surface area contributed by atoms with Crippen molar-refractivity contribution in [3.63, 3.8) is 0 Å². The third-order valence-corrected chi connectivity index (χ3v) is 4.62. The summed E-state index contributed by atoms with van der Waals surface area (Å²) in [7, 11) is 0. The van der Waals surface area contributed by atoms with E-state index in [9.17, 15) is 18.0 Å². The molecule has 1 aromatic carbocycles. The van der Waals surface area contributed by atoms with Crippen LogP contribution in [-0.2, 0) is 4.79 Å². The third-order valence-electron chi connectivity index (χ3n) is 4.62. The number of alkyl halides is 3. The van der Waals surface area contributed by atoms with Crippen molar-refractivity contribution in [1.82, 2.24) is 20.1 Å². The van der Waals surface area contributed by atoms with Gasteiger partial charge < -0.3 is 14.5 Å². The number of carbonyl (C=O) groups excluding carboxylic acids is 1. The molecule has 2 aromatic rings. The van der Waals surface area contributed by atoms with E-state index in [0.29, 0.717) is 24.6 Å². The molecule has 2 aliphatic rings. The number of benzene rings is 1. The van der Waals surface area contributed by atoms with Crippen LogP contribution in [-0.4, -0.2) is 64.4 Å². The van der Waals surface area contributed by atoms with Gasteiger partial charge in [0, 0.05) is 31.7 Å². The van der Waals surface area contributed by atoms with E-state index >= 15 is 0 Å². The molecular weight excluding hydrogens is 375 g/mol. The van der Waals surface area contributed by atoms with E-state index in [4.69, 9.17) is 4.74 Å². The van der Waals surface area contributed by atoms with Gasteiger partial charge in [-0.2, -0.15) is 18.3 Å². The van der Waals surface area contributed by atoms with Gasteiger partial charge in [0.2, 0.25) is 12.1 Å². The summed E-state index contributed by atoms with van der Waals surface area (Å²) in [6.07, 6.45) is -2.74. The molecule has 0 spiro atoms. The van der Waals surface area contributed by atoms with Gasteiger partial charge in [-0.15, -0.1) is 5.10 Å². The number of halogens is 3. The van der Waals surface area contributed by atoms with Crippen molar-refractivity contribution in [2.75, 3.05) is 31.1 Å². The molecule has 10 heteroatoms. The normalized spacial score (nSPS) is 19.5. The highest BCUT2D eigenvalue weighted by Crippen LogP contribution is 2.37. The summed E-state index contributed by atoms with van der Waals surface area (Å²) in [5.74, 6) is -0.139. The van der Waals surface area contributed by atoms with Crippen LogP contribution in [0.4, 0.5) is 19.1 Å². The zero-order valence-electron chi connectivity index (χ0n) is 14.6. The minimum absolute atomic E-state index is 0.111. The first-order valence-corrected chi connectivity index (χ1v) is 8.65. The van der Waals surface area contributed by atoms with E-state index in [0.717, 1.165) is 0 Å². The predicted octanol–water partition coefficient (Wildman–Crippen LogP) is 1.93. The number of rotatable bonds is 2. The first-order valence-electron chi connectivity index (χ1n) is 8.65. The van der Waals surface area contributed by atoms with Gasteiger partial charge in [0.15, 0.2) is 0 Å². The number of hydrogen-bond donors (Lipinski definition) is 0. The fourth-order valence-electron chi connectivity index (χ4n) is 3.24. The maximum absolute atomic E-state index is 13.5. The Morgan fingerprint density at radius 1 is 1.11 bits per heavy atom. The van der Waals surface area contributed by atoms with Crippen molar-refractivity contribution in [3.05, 3.63) is 47.8 Å². The molecule has 1 fully saturated rings. The minimum Gasteiger partial charge on any atom is -0.475 e. The highest BCUT2D eigenvalue weighted by molar-refractivity contribution is 6.00. The molecule has 1 unspecified atom stereocenters. The lowest BCUT2D eigenvalue weighted by molar-refractivity contribution is -0.186. The summed E-state index contributed by atoms with van der Waals surface area (Å²) in [5.41, 5.74) is 0.0472. The summed E-state index contributed by atoms with van der Waals surface area (Å²) in [5, 5.41) is 7.67. The topological polar surface area (TPSA) is 71.5 Å². The molecule has 0 saturated carbocycles. The zero-order valence-corrected chi connectivity index (χ0v) is 14.6. The van der Waals surface area contributed by atoms with E-state index in [-0.39, 0.29) is 18.8 Å². The minimum atomic E-state index is -4.69. The third kappa shape index (κ3) is 3.49. The van der Waals surface area contributed by atoms with Gasteiger partial charge in [0.05, 0.1) is 18.0 Å². The van der Waals surface area contributed by atoms with Gasteiger partial charge in [-0.3, -0.25) is 4.79 Å². The van der Waals surface area contributed by atoms with Gasteiger partial charge in [-0.25, -0.2) is 4.98 Å². The highest BCUT2D eigenvalue weighted by Gasteiger charge is 2.49. The van der Waals surface area contributed by atoms with Gasteiger partial charge in [-0.1, -0.05) is 18.2 Å². The van der Waals surface area contributed by atoms with Crippen LogP contribution in [0.2, 0.25) is 0 Å². The van der Waals surface area contributed by atoms with Gasteiger partial charge in [-0.05, 0) is 12.1 Å². The number of para-hydroxylation sites is 1. The summed E-state index contributed by atoms with van der Waals surface area (Å²) >= 11 is 0. The molecule has 0 aliphatic carbocycles. The molecule has 1 saturated heterocycles. The fraction of sp³-hybridized carbons (Fsp3) is 0.333. The Balaban J connectivity index is 1.54. The van der Waals surface area contributed by atoms with Crippen molar-refractivity contribution in [2.24, 2.45) is 0 Å². The molecule has 3 heterocycles. The number of aromatic nitrogens is 3. The molecule has 0 radical (unpaired) electrons. The van der Waals surface area contributed by atoms with E-state index in [1.54, 1.807) is 18.2 Å². The monoisotopic (exact) mass is 391 g/mol. The smallest absolute Gasteiger partial charge is 0.429 e. The fourth-order valence-corrected chi connectivity index (χ4v) is 3.24. The lowest BCUT2D eigenvalue weighted by atomic mass is 9.99. The second kappa shape index (κ2) is 7.10. The Morgan fingerprint density at radius 2 is 1.86 bits per heavy atom. The van der Waals surface area contributed by atoms with Crippen LogP contribution < -0.4 is 9.64 Å². The number of carbonyl (C=O) groups is 1. The Bertz CT molecular complexity index is 896. The maximum Gasteiger partial charge on any atom is 0.429 e. The van der Waals surface area contributed by atoms with E-state index in [1.165, 1.54) is 29.4 Å². The number of fused-ring (bicyclic) bond motifs is 1. The van der Waals surface area contributed by atoms with E-state index < -0.39 is 23.8 Å². The van der Waals surface area contributed by atoms with Crippen molar-refractivity contribution in [3.8, 4) is 5.75 Å². The molecule has 1 amide bonds. The van der Waals surface area contributed by atoms with Crippen LogP contribution in [0.3, 0.4) is 0 Å². The number of nitrogens with zero attached hydrogens (tertiary/aromatic N) is 5. The van der Waals surface area contributed by atoms with Crippen LogP contribution in [0, 0.1) is 0 Å². The molecule has 7 nitrogen and oxygen atoms in total. The number of piperazine rings is 1. The maximum atomic E-state index is 13.5. The summed E-state index contributed by atoms with van der Waals surface area (Å²) in [6, 6.07) is 6.35. The van der Waals surface area contributed by atoms with Crippen LogP contribution in [0.25, 0.3) is 6.08 Å². The molecular formula is C18H16F3N5O2. The number of amides is 1. The quantitative estimate of drug-likeness (QED) is 0.779. The van der Waals surface area contributed by atoms with E-state index in [2.05, 4.69) is 15.2 Å². The first-order chi connectivity index (χ1) is 13.4. The second-order valence-electron chi connectivity index (χ2n) is 6.40. The zero-order chi connectivity index (χ0) is 19.7. The summed E-state index contributed by atoms with van der Waals surface area (Å²) < 4.78 is 45.7. The van der Waals surface area contributed by atoms with Crippen molar-refractivity contribution in [1.29, 1.82) is 0 Å². The van der Waals surface area contributed by atoms with E-state index in [1.807, 2.05) is 4.90 Å². The summed E-state index contributed by atoms with van der Waals surface area (Å²) in [4.78, 5) is 20.2. The standard InChI is InChI=1S/C18H16F3N5O2/c19-18(20,21)15-13(11-12-3-1-2-4-14(12)28-15)16(27)25-7-9-26(10-8-25)17-22-5-6-23-24-17/h1-6,11,15H,7-10H2.